The van der Waals surface area contributed by atoms with Crippen LogP contribution in [0.3, 0.4) is 0 Å². The minimum absolute atomic E-state index is 0.0121. The number of H-pyrrole nitrogens is 1. The zero-order valence-corrected chi connectivity index (χ0v) is 15.2. The van der Waals surface area contributed by atoms with Crippen LogP contribution in [0.15, 0.2) is 47.4 Å². The molecule has 0 radical (unpaired) electrons. The second kappa shape index (κ2) is 7.58. The minimum atomic E-state index is -3.93. The summed E-state index contributed by atoms with van der Waals surface area (Å²) in [5.74, 6) is -1.14. The van der Waals surface area contributed by atoms with Crippen molar-refractivity contribution in [3.05, 3.63) is 63.4 Å². The van der Waals surface area contributed by atoms with Crippen molar-refractivity contribution < 1.29 is 18.1 Å². The van der Waals surface area contributed by atoms with Crippen molar-refractivity contribution in [2.24, 2.45) is 0 Å². The van der Waals surface area contributed by atoms with Crippen molar-refractivity contribution in [3.63, 3.8) is 0 Å². The number of carbonyl (C=O) groups excluding carboxylic acids is 1. The number of nitrogens with zero attached hydrogens (tertiary/aromatic N) is 4. The van der Waals surface area contributed by atoms with Gasteiger partial charge in [-0.05, 0) is 41.3 Å². The lowest BCUT2D eigenvalue weighted by molar-refractivity contribution is -0.389. The molecule has 0 saturated carbocycles. The van der Waals surface area contributed by atoms with Gasteiger partial charge < -0.3 is 15.4 Å². The SMILES string of the molecule is O=C(Nc1ccc(S(=O)(=O)Nc2ccc(Cl)nn2)cc1)c1cc([N+](=O)[O-])[nH]n1. The van der Waals surface area contributed by atoms with E-state index < -0.39 is 26.7 Å². The quantitative estimate of drug-likeness (QED) is 0.397. The highest BCUT2D eigenvalue weighted by Gasteiger charge is 2.18. The molecule has 3 rings (SSSR count). The number of hydrogen-bond donors (Lipinski definition) is 3. The van der Waals surface area contributed by atoms with Gasteiger partial charge in [0.05, 0.1) is 11.0 Å². The first-order valence-corrected chi connectivity index (χ1v) is 9.24. The molecule has 3 aromatic rings. The Morgan fingerprint density at radius 2 is 1.86 bits per heavy atom. The fraction of sp³-hybridized carbons (Fsp3) is 0. The van der Waals surface area contributed by atoms with Crippen LogP contribution in [0, 0.1) is 10.1 Å². The molecule has 1 amide bonds. The van der Waals surface area contributed by atoms with Gasteiger partial charge in [-0.15, -0.1) is 15.3 Å². The van der Waals surface area contributed by atoms with Crippen LogP contribution in [0.2, 0.25) is 5.15 Å². The number of halogens is 1. The summed E-state index contributed by atoms with van der Waals surface area (Å²) < 4.78 is 26.9. The van der Waals surface area contributed by atoms with Crippen LogP contribution in [0.25, 0.3) is 0 Å². The molecule has 1 aromatic carbocycles. The van der Waals surface area contributed by atoms with Crippen LogP contribution in [0.4, 0.5) is 17.3 Å². The third-order valence-corrected chi connectivity index (χ3v) is 4.86. The molecule has 2 heterocycles. The number of sulfonamides is 1. The summed E-state index contributed by atoms with van der Waals surface area (Å²) in [5.41, 5.74) is 0.0762. The molecule has 0 aliphatic heterocycles. The third kappa shape index (κ3) is 4.39. The fourth-order valence-electron chi connectivity index (χ4n) is 2.00. The number of aromatic nitrogens is 4. The third-order valence-electron chi connectivity index (χ3n) is 3.29. The Morgan fingerprint density at radius 1 is 1.14 bits per heavy atom. The van der Waals surface area contributed by atoms with Crippen LogP contribution in [0.5, 0.6) is 0 Å². The molecule has 12 nitrogen and oxygen atoms in total. The van der Waals surface area contributed by atoms with E-state index in [1.165, 1.54) is 36.4 Å². The van der Waals surface area contributed by atoms with E-state index in [2.05, 4.69) is 30.4 Å². The summed E-state index contributed by atoms with van der Waals surface area (Å²) in [5, 5.41) is 26.0. The van der Waals surface area contributed by atoms with Crippen molar-refractivity contribution in [2.45, 2.75) is 4.90 Å². The maximum atomic E-state index is 12.3. The van der Waals surface area contributed by atoms with Gasteiger partial charge in [0.2, 0.25) is 0 Å². The van der Waals surface area contributed by atoms with Gasteiger partial charge in [0.25, 0.3) is 15.9 Å². The van der Waals surface area contributed by atoms with Crippen LogP contribution in [0.1, 0.15) is 10.5 Å². The largest absolute Gasteiger partial charge is 0.358 e. The lowest BCUT2D eigenvalue weighted by atomic mass is 10.3. The van der Waals surface area contributed by atoms with Gasteiger partial charge in [-0.1, -0.05) is 16.7 Å². The van der Waals surface area contributed by atoms with Crippen molar-refractivity contribution in [1.29, 1.82) is 0 Å². The maximum Gasteiger partial charge on any atom is 0.343 e. The molecule has 0 bridgehead atoms. The number of carbonyl (C=O) groups is 1. The van der Waals surface area contributed by atoms with Crippen molar-refractivity contribution >= 4 is 44.9 Å². The smallest absolute Gasteiger partial charge is 0.343 e. The Morgan fingerprint density at radius 3 is 2.43 bits per heavy atom. The van der Waals surface area contributed by atoms with Gasteiger partial charge in [-0.2, -0.15) is 0 Å². The van der Waals surface area contributed by atoms with E-state index in [-0.39, 0.29) is 27.2 Å². The molecule has 0 spiro atoms. The first-order valence-electron chi connectivity index (χ1n) is 7.38. The summed E-state index contributed by atoms with van der Waals surface area (Å²) in [6.45, 7) is 0. The van der Waals surface area contributed by atoms with E-state index in [4.69, 9.17) is 11.6 Å². The van der Waals surface area contributed by atoms with E-state index in [9.17, 15) is 23.3 Å². The van der Waals surface area contributed by atoms with Crippen LogP contribution < -0.4 is 10.0 Å². The molecule has 3 N–H and O–H groups in total. The number of benzene rings is 1. The number of nitrogens with one attached hydrogen (secondary N) is 3. The number of aromatic amines is 1. The number of hydrogen-bond acceptors (Lipinski definition) is 8. The van der Waals surface area contributed by atoms with E-state index in [0.717, 1.165) is 6.07 Å². The zero-order chi connectivity index (χ0) is 20.3. The molecule has 2 aromatic heterocycles. The van der Waals surface area contributed by atoms with Gasteiger partial charge >= 0.3 is 5.82 Å². The number of amides is 1. The zero-order valence-electron chi connectivity index (χ0n) is 13.7. The first kappa shape index (κ1) is 19.2. The highest BCUT2D eigenvalue weighted by molar-refractivity contribution is 7.92. The molecule has 0 fully saturated rings. The van der Waals surface area contributed by atoms with Crippen molar-refractivity contribution in [1.82, 2.24) is 20.4 Å². The highest BCUT2D eigenvalue weighted by Crippen LogP contribution is 2.18. The highest BCUT2D eigenvalue weighted by atomic mass is 35.5. The Balaban J connectivity index is 1.70. The normalized spacial score (nSPS) is 11.0. The average molecular weight is 424 g/mol. The molecule has 14 heteroatoms. The Kier molecular flexibility index (Phi) is 5.19. The van der Waals surface area contributed by atoms with Gasteiger partial charge in [-0.25, -0.2) is 8.42 Å². The van der Waals surface area contributed by atoms with Gasteiger partial charge in [0, 0.05) is 5.69 Å². The molecule has 0 unspecified atom stereocenters. The van der Waals surface area contributed by atoms with Crippen molar-refractivity contribution in [2.75, 3.05) is 10.0 Å². The predicted molar refractivity (Wildman–Crippen MR) is 97.5 cm³/mol. The Bertz CT molecular complexity index is 1130. The second-order valence-electron chi connectivity index (χ2n) is 5.22. The van der Waals surface area contributed by atoms with E-state index in [1.807, 2.05) is 0 Å². The fourth-order valence-corrected chi connectivity index (χ4v) is 3.10. The summed E-state index contributed by atoms with van der Waals surface area (Å²) >= 11 is 5.59. The molecular weight excluding hydrogens is 414 g/mol. The minimum Gasteiger partial charge on any atom is -0.358 e. The van der Waals surface area contributed by atoms with Gasteiger partial charge in [-0.3, -0.25) is 9.52 Å². The standard InChI is InChI=1S/C14H10ClN7O5S/c15-11-5-6-12(19-18-11)21-28(26,27)9-3-1-8(2-4-9)16-14(23)10-7-13(20-17-10)22(24)25/h1-7H,(H,16,23)(H,17,20)(H,19,21). The van der Waals surface area contributed by atoms with Crippen molar-refractivity contribution in [3.8, 4) is 0 Å². The molecule has 144 valence electrons. The molecule has 0 aliphatic rings. The monoisotopic (exact) mass is 423 g/mol. The topological polar surface area (TPSA) is 173 Å². The summed E-state index contributed by atoms with van der Waals surface area (Å²) in [7, 11) is -3.93. The van der Waals surface area contributed by atoms with Gasteiger partial charge in [0.15, 0.2) is 16.7 Å². The average Bonchev–Trinajstić information content (AvgIpc) is 3.15. The molecular formula is C14H10ClN7O5S. The van der Waals surface area contributed by atoms with Crippen LogP contribution >= 0.6 is 11.6 Å². The van der Waals surface area contributed by atoms with Crippen LogP contribution in [-0.4, -0.2) is 39.6 Å². The number of rotatable bonds is 6. The second-order valence-corrected chi connectivity index (χ2v) is 7.29. The predicted octanol–water partition coefficient (Wildman–Crippen LogP) is 1.81. The van der Waals surface area contributed by atoms with E-state index in [0.29, 0.717) is 0 Å². The first-order chi connectivity index (χ1) is 13.2. The Labute approximate surface area is 162 Å². The van der Waals surface area contributed by atoms with E-state index >= 15 is 0 Å². The molecule has 0 atom stereocenters. The Hall–Kier alpha value is -3.58. The molecule has 28 heavy (non-hydrogen) atoms. The van der Waals surface area contributed by atoms with Crippen LogP contribution in [-0.2, 0) is 10.0 Å². The molecule has 0 aliphatic carbocycles. The van der Waals surface area contributed by atoms with E-state index in [1.54, 1.807) is 0 Å². The number of anilines is 2. The lowest BCUT2D eigenvalue weighted by Gasteiger charge is -2.08. The summed E-state index contributed by atoms with van der Waals surface area (Å²) in [6.07, 6.45) is 0. The summed E-state index contributed by atoms with van der Waals surface area (Å²) in [6, 6.07) is 8.92. The lowest BCUT2D eigenvalue weighted by Crippen LogP contribution is -2.15. The summed E-state index contributed by atoms with van der Waals surface area (Å²) in [4.78, 5) is 21.8. The molecule has 0 saturated heterocycles. The number of nitro groups is 1. The maximum absolute atomic E-state index is 12.3. The van der Waals surface area contributed by atoms with Gasteiger partial charge in [0.1, 0.15) is 0 Å².